The minimum absolute atomic E-state index is 0.0134. The van der Waals surface area contributed by atoms with Crippen molar-refractivity contribution in [1.29, 1.82) is 0 Å². The maximum Gasteiger partial charge on any atom is 0.246 e. The molecule has 0 aliphatic carbocycles. The van der Waals surface area contributed by atoms with E-state index in [1.165, 1.54) is 5.69 Å². The quantitative estimate of drug-likeness (QED) is 0.322. The van der Waals surface area contributed by atoms with Crippen molar-refractivity contribution in [3.8, 4) is 22.6 Å². The van der Waals surface area contributed by atoms with Crippen LogP contribution in [0.3, 0.4) is 0 Å². The van der Waals surface area contributed by atoms with Crippen molar-refractivity contribution in [1.82, 2.24) is 4.90 Å². The molecule has 0 unspecified atom stereocenters. The fourth-order valence-electron chi connectivity index (χ4n) is 4.79. The molecule has 6 nitrogen and oxygen atoms in total. The number of para-hydroxylation sites is 2. The number of hydrogen-bond donors (Lipinski definition) is 0. The molecule has 4 aromatic rings. The highest BCUT2D eigenvalue weighted by molar-refractivity contribution is 6.01. The number of carbonyl (C=O) groups is 1. The van der Waals surface area contributed by atoms with E-state index in [2.05, 4.69) is 17.0 Å². The van der Waals surface area contributed by atoms with Gasteiger partial charge in [0.05, 0.1) is 20.5 Å². The van der Waals surface area contributed by atoms with Gasteiger partial charge in [0.2, 0.25) is 5.91 Å². The second-order valence-corrected chi connectivity index (χ2v) is 8.87. The molecule has 6 heteroatoms. The molecule has 0 radical (unpaired) electrons. The van der Waals surface area contributed by atoms with E-state index < -0.39 is 0 Å². The van der Waals surface area contributed by atoms with Gasteiger partial charge in [-0.15, -0.1) is 0 Å². The smallest absolute Gasteiger partial charge is 0.246 e. The normalized spacial score (nSPS) is 14.2. The van der Waals surface area contributed by atoms with Crippen molar-refractivity contribution in [3.63, 3.8) is 0 Å². The largest absolute Gasteiger partial charge is 0.496 e. The number of rotatable bonds is 6. The summed E-state index contributed by atoms with van der Waals surface area (Å²) in [5.41, 5.74) is 5.50. The number of amides is 1. The Morgan fingerprint density at radius 3 is 2.28 bits per heavy atom. The van der Waals surface area contributed by atoms with Crippen LogP contribution in [-0.4, -0.2) is 51.2 Å². The summed E-state index contributed by atoms with van der Waals surface area (Å²) < 4.78 is 17.1. The van der Waals surface area contributed by atoms with Crippen molar-refractivity contribution in [2.45, 2.75) is 6.92 Å². The number of allylic oxidation sites excluding steroid dienone is 1. The highest BCUT2D eigenvalue weighted by Crippen LogP contribution is 2.40. The van der Waals surface area contributed by atoms with Crippen LogP contribution in [0.4, 0.5) is 5.69 Å². The monoisotopic (exact) mass is 482 g/mol. The molecule has 1 amide bonds. The lowest BCUT2D eigenvalue weighted by molar-refractivity contribution is -0.126. The highest BCUT2D eigenvalue weighted by atomic mass is 16.5. The molecule has 36 heavy (non-hydrogen) atoms. The van der Waals surface area contributed by atoms with Crippen molar-refractivity contribution in [2.75, 3.05) is 45.3 Å². The van der Waals surface area contributed by atoms with Crippen molar-refractivity contribution < 1.29 is 18.7 Å². The molecule has 0 spiro atoms. The van der Waals surface area contributed by atoms with Gasteiger partial charge in [0.25, 0.3) is 0 Å². The number of nitrogens with zero attached hydrogens (tertiary/aromatic N) is 2. The van der Waals surface area contributed by atoms with Crippen LogP contribution in [0.1, 0.15) is 12.5 Å². The van der Waals surface area contributed by atoms with Crippen LogP contribution in [0.25, 0.3) is 27.7 Å². The van der Waals surface area contributed by atoms with Gasteiger partial charge in [-0.3, -0.25) is 4.79 Å². The summed E-state index contributed by atoms with van der Waals surface area (Å²) in [5, 5.41) is 0.937. The van der Waals surface area contributed by atoms with Crippen LogP contribution in [0, 0.1) is 0 Å². The first-order valence-corrected chi connectivity index (χ1v) is 12.1. The first kappa shape index (κ1) is 23.5. The Kier molecular flexibility index (Phi) is 6.67. The average Bonchev–Trinajstić information content (AvgIpc) is 3.35. The predicted molar refractivity (Wildman–Crippen MR) is 144 cm³/mol. The van der Waals surface area contributed by atoms with E-state index in [-0.39, 0.29) is 5.91 Å². The van der Waals surface area contributed by atoms with Gasteiger partial charge >= 0.3 is 0 Å². The van der Waals surface area contributed by atoms with Gasteiger partial charge in [-0.1, -0.05) is 36.4 Å². The zero-order chi connectivity index (χ0) is 25.1. The Morgan fingerprint density at radius 1 is 0.861 bits per heavy atom. The van der Waals surface area contributed by atoms with Gasteiger partial charge in [0.15, 0.2) is 0 Å². The van der Waals surface area contributed by atoms with Gasteiger partial charge < -0.3 is 23.7 Å². The number of methoxy groups -OCH3 is 2. The van der Waals surface area contributed by atoms with Gasteiger partial charge in [0.1, 0.15) is 17.1 Å². The Bertz CT molecular complexity index is 1400. The number of hydrogen-bond acceptors (Lipinski definition) is 5. The van der Waals surface area contributed by atoms with Gasteiger partial charge in [-0.05, 0) is 36.8 Å². The van der Waals surface area contributed by atoms with E-state index in [1.807, 2.05) is 66.4 Å². The summed E-state index contributed by atoms with van der Waals surface area (Å²) in [6, 6.07) is 22.1. The second-order valence-electron chi connectivity index (χ2n) is 8.87. The lowest BCUT2D eigenvalue weighted by Crippen LogP contribution is -2.48. The molecular formula is C30H30N2O4. The fraction of sp³-hybridized carbons (Fsp3) is 0.233. The Balaban J connectivity index is 1.41. The van der Waals surface area contributed by atoms with Crippen molar-refractivity contribution in [2.24, 2.45) is 0 Å². The van der Waals surface area contributed by atoms with Gasteiger partial charge in [-0.25, -0.2) is 0 Å². The molecule has 184 valence electrons. The Hall–Kier alpha value is -4.19. The lowest BCUT2D eigenvalue weighted by atomic mass is 9.98. The minimum Gasteiger partial charge on any atom is -0.496 e. The number of fused-ring (bicyclic) bond motifs is 1. The second kappa shape index (κ2) is 10.2. The molecule has 3 aromatic carbocycles. The van der Waals surface area contributed by atoms with E-state index in [9.17, 15) is 4.79 Å². The molecule has 0 N–H and O–H groups in total. The summed E-state index contributed by atoms with van der Waals surface area (Å²) in [6.45, 7) is 4.95. The molecule has 1 fully saturated rings. The zero-order valence-corrected chi connectivity index (χ0v) is 20.9. The molecule has 0 bridgehead atoms. The Morgan fingerprint density at radius 2 is 1.56 bits per heavy atom. The molecule has 0 saturated carbocycles. The fourth-order valence-corrected chi connectivity index (χ4v) is 4.79. The summed E-state index contributed by atoms with van der Waals surface area (Å²) in [6.07, 6.45) is 3.45. The van der Waals surface area contributed by atoms with E-state index in [0.717, 1.165) is 46.5 Å². The third-order valence-corrected chi connectivity index (χ3v) is 6.77. The van der Waals surface area contributed by atoms with Crippen LogP contribution in [0.2, 0.25) is 0 Å². The first-order chi connectivity index (χ1) is 17.6. The van der Waals surface area contributed by atoms with Crippen molar-refractivity contribution in [3.05, 3.63) is 84.6 Å². The predicted octanol–water partition coefficient (Wildman–Crippen LogP) is 5.87. The summed E-state index contributed by atoms with van der Waals surface area (Å²) in [7, 11) is 3.29. The zero-order valence-electron chi connectivity index (χ0n) is 20.9. The van der Waals surface area contributed by atoms with Crippen LogP contribution >= 0.6 is 0 Å². The minimum atomic E-state index is 0.0134. The van der Waals surface area contributed by atoms with E-state index in [0.29, 0.717) is 24.4 Å². The topological polar surface area (TPSA) is 55.2 Å². The Labute approximate surface area is 211 Å². The third-order valence-electron chi connectivity index (χ3n) is 6.77. The maximum absolute atomic E-state index is 13.2. The highest BCUT2D eigenvalue weighted by Gasteiger charge is 2.21. The first-order valence-electron chi connectivity index (χ1n) is 12.1. The van der Waals surface area contributed by atoms with E-state index >= 15 is 0 Å². The number of piperazine rings is 1. The van der Waals surface area contributed by atoms with Crippen LogP contribution in [0.15, 0.2) is 83.5 Å². The molecule has 2 heterocycles. The molecule has 0 atom stereocenters. The molecular weight excluding hydrogens is 452 g/mol. The third kappa shape index (κ3) is 4.54. The number of furan rings is 1. The van der Waals surface area contributed by atoms with E-state index in [4.69, 9.17) is 13.9 Å². The van der Waals surface area contributed by atoms with Crippen LogP contribution in [0.5, 0.6) is 11.5 Å². The summed E-state index contributed by atoms with van der Waals surface area (Å²) >= 11 is 0. The van der Waals surface area contributed by atoms with Crippen LogP contribution in [-0.2, 0) is 4.79 Å². The maximum atomic E-state index is 13.2. The molecule has 1 aliphatic rings. The molecule has 5 rings (SSSR count). The van der Waals surface area contributed by atoms with Crippen molar-refractivity contribution >= 4 is 28.1 Å². The molecule has 1 saturated heterocycles. The van der Waals surface area contributed by atoms with Gasteiger partial charge in [0, 0.05) is 66.1 Å². The van der Waals surface area contributed by atoms with Crippen LogP contribution < -0.4 is 14.4 Å². The number of carbonyl (C=O) groups excluding carboxylic acids is 1. The average molecular weight is 483 g/mol. The number of ether oxygens (including phenoxy) is 2. The van der Waals surface area contributed by atoms with E-state index in [1.54, 1.807) is 26.6 Å². The molecule has 1 aromatic heterocycles. The lowest BCUT2D eigenvalue weighted by Gasteiger charge is -2.35. The number of benzene rings is 3. The summed E-state index contributed by atoms with van der Waals surface area (Å²) in [5.74, 6) is 1.45. The SMILES string of the molecule is COc1cc2occ(-c3ccccc3OC)c2cc1/C(C)=C/C(=O)N1CCN(c2ccccc2)CC1. The van der Waals surface area contributed by atoms with Gasteiger partial charge in [-0.2, -0.15) is 0 Å². The summed E-state index contributed by atoms with van der Waals surface area (Å²) in [4.78, 5) is 17.4. The molecule has 1 aliphatic heterocycles. The number of anilines is 1. The standard InChI is InChI=1S/C30H30N2O4/c1-21(17-30(33)32-15-13-31(14-16-32)22-9-5-4-6-10-22)24-18-25-26(20-36-29(25)19-28(24)35-3)23-11-7-8-12-27(23)34-2/h4-12,17-20H,13-16H2,1-3H3/b21-17+.